The Hall–Kier alpha value is -2.41. The Labute approximate surface area is 164 Å². The molecule has 1 aliphatic carbocycles. The van der Waals surface area contributed by atoms with Crippen molar-refractivity contribution in [1.82, 2.24) is 20.4 Å². The number of hydrogen-bond donors (Lipinski definition) is 3. The molecule has 7 nitrogen and oxygen atoms in total. The number of nitrogens with one attached hydrogen (secondary N) is 2. The normalized spacial score (nSPS) is 25.6. The molecule has 2 aromatic rings. The minimum atomic E-state index is -0.383. The third-order valence-electron chi connectivity index (χ3n) is 6.03. The molecule has 1 aromatic heterocycles. The number of rotatable bonds is 4. The first-order valence-corrected chi connectivity index (χ1v) is 10.3. The molecule has 2 heterocycles. The van der Waals surface area contributed by atoms with Gasteiger partial charge in [0.15, 0.2) is 0 Å². The summed E-state index contributed by atoms with van der Waals surface area (Å²) in [6.45, 7) is 1.22. The van der Waals surface area contributed by atoms with E-state index in [1.165, 1.54) is 0 Å². The van der Waals surface area contributed by atoms with Crippen LogP contribution in [-0.4, -0.2) is 57.3 Å². The molecular formula is C21H28N4O3. The van der Waals surface area contributed by atoms with Crippen molar-refractivity contribution in [2.45, 2.75) is 57.1 Å². The topological polar surface area (TPSA) is 98.3 Å². The minimum Gasteiger partial charge on any atom is -0.391 e. The number of benzene rings is 1. The molecule has 1 unspecified atom stereocenters. The van der Waals surface area contributed by atoms with E-state index in [2.05, 4.69) is 15.5 Å². The standard InChI is InChI=1S/C21H28N4O3/c26-16-4-3-11-25(13-16)21(28)14-7-9-15(10-8-14)22-20(27)12-19-17-5-1-2-6-18(17)23-24-19/h1-2,5-6,14-16,26H,3-4,7-13H2,(H,22,27)(H,23,24). The van der Waals surface area contributed by atoms with E-state index in [0.29, 0.717) is 6.54 Å². The first kappa shape index (κ1) is 18.9. The number of fused-ring (bicyclic) bond motifs is 1. The first-order valence-electron chi connectivity index (χ1n) is 10.3. The molecule has 7 heteroatoms. The zero-order chi connectivity index (χ0) is 19.5. The average molecular weight is 384 g/mol. The van der Waals surface area contributed by atoms with Gasteiger partial charge in [-0.25, -0.2) is 0 Å². The number of piperidine rings is 1. The third kappa shape index (κ3) is 4.19. The lowest BCUT2D eigenvalue weighted by Crippen LogP contribution is -2.47. The van der Waals surface area contributed by atoms with Crippen LogP contribution in [0.25, 0.3) is 10.9 Å². The number of para-hydroxylation sites is 1. The largest absolute Gasteiger partial charge is 0.391 e. The summed E-state index contributed by atoms with van der Waals surface area (Å²) in [6.07, 6.45) is 4.80. The summed E-state index contributed by atoms with van der Waals surface area (Å²) in [5, 5.41) is 21.1. The van der Waals surface area contributed by atoms with Crippen molar-refractivity contribution in [2.75, 3.05) is 13.1 Å². The maximum Gasteiger partial charge on any atom is 0.226 e. The van der Waals surface area contributed by atoms with Crippen LogP contribution in [-0.2, 0) is 16.0 Å². The summed E-state index contributed by atoms with van der Waals surface area (Å²) in [5.74, 6) is 0.186. The van der Waals surface area contributed by atoms with Crippen LogP contribution in [0.2, 0.25) is 0 Å². The predicted octanol–water partition coefficient (Wildman–Crippen LogP) is 1.76. The maximum absolute atomic E-state index is 12.7. The molecule has 1 atom stereocenters. The van der Waals surface area contributed by atoms with Crippen molar-refractivity contribution in [2.24, 2.45) is 5.92 Å². The smallest absolute Gasteiger partial charge is 0.226 e. The summed E-state index contributed by atoms with van der Waals surface area (Å²) >= 11 is 0. The molecule has 2 aliphatic rings. The minimum absolute atomic E-state index is 0.0108. The lowest BCUT2D eigenvalue weighted by atomic mass is 9.84. The van der Waals surface area contributed by atoms with Gasteiger partial charge in [-0.1, -0.05) is 18.2 Å². The quantitative estimate of drug-likeness (QED) is 0.748. The van der Waals surface area contributed by atoms with Crippen LogP contribution in [0.15, 0.2) is 24.3 Å². The molecule has 0 radical (unpaired) electrons. The molecule has 1 saturated carbocycles. The highest BCUT2D eigenvalue weighted by atomic mass is 16.3. The van der Waals surface area contributed by atoms with Crippen LogP contribution in [0.1, 0.15) is 44.2 Å². The fourth-order valence-electron chi connectivity index (χ4n) is 4.49. The Bertz CT molecular complexity index is 841. The van der Waals surface area contributed by atoms with Gasteiger partial charge in [-0.2, -0.15) is 5.10 Å². The lowest BCUT2D eigenvalue weighted by Gasteiger charge is -2.35. The molecule has 4 rings (SSSR count). The second kappa shape index (κ2) is 8.31. The van der Waals surface area contributed by atoms with Gasteiger partial charge in [0.1, 0.15) is 0 Å². The number of aromatic nitrogens is 2. The van der Waals surface area contributed by atoms with Gasteiger partial charge in [-0.15, -0.1) is 0 Å². The van der Waals surface area contributed by atoms with Crippen LogP contribution < -0.4 is 5.32 Å². The number of aliphatic hydroxyl groups excluding tert-OH is 1. The lowest BCUT2D eigenvalue weighted by molar-refractivity contribution is -0.139. The molecule has 0 spiro atoms. The van der Waals surface area contributed by atoms with E-state index < -0.39 is 0 Å². The number of hydrogen-bond acceptors (Lipinski definition) is 4. The third-order valence-corrected chi connectivity index (χ3v) is 6.03. The van der Waals surface area contributed by atoms with E-state index in [0.717, 1.165) is 61.7 Å². The molecule has 1 aliphatic heterocycles. The summed E-state index contributed by atoms with van der Waals surface area (Å²) < 4.78 is 0. The molecule has 28 heavy (non-hydrogen) atoms. The van der Waals surface area contributed by atoms with Crippen molar-refractivity contribution in [1.29, 1.82) is 0 Å². The van der Waals surface area contributed by atoms with Crippen LogP contribution >= 0.6 is 0 Å². The summed E-state index contributed by atoms with van der Waals surface area (Å²) in [7, 11) is 0. The number of carbonyl (C=O) groups is 2. The van der Waals surface area contributed by atoms with E-state index in [4.69, 9.17) is 0 Å². The van der Waals surface area contributed by atoms with Gasteiger partial charge in [0.2, 0.25) is 11.8 Å². The van der Waals surface area contributed by atoms with Gasteiger partial charge in [-0.05, 0) is 44.6 Å². The summed E-state index contributed by atoms with van der Waals surface area (Å²) in [6, 6.07) is 7.89. The molecule has 1 aromatic carbocycles. The number of nitrogens with zero attached hydrogens (tertiary/aromatic N) is 2. The van der Waals surface area contributed by atoms with E-state index in [9.17, 15) is 14.7 Å². The molecule has 3 N–H and O–H groups in total. The molecule has 0 bridgehead atoms. The molecule has 150 valence electrons. The summed E-state index contributed by atoms with van der Waals surface area (Å²) in [5.41, 5.74) is 1.70. The highest BCUT2D eigenvalue weighted by molar-refractivity contribution is 5.87. The molecule has 2 amide bonds. The van der Waals surface area contributed by atoms with Crippen LogP contribution in [0.5, 0.6) is 0 Å². The number of β-amino-alcohol motifs (C(OH)–C–C–N with tert-alkyl or cyclic N) is 1. The number of H-pyrrole nitrogens is 1. The van der Waals surface area contributed by atoms with Gasteiger partial charge in [0, 0.05) is 30.4 Å². The average Bonchev–Trinajstić information content (AvgIpc) is 3.11. The van der Waals surface area contributed by atoms with E-state index in [1.54, 1.807) is 0 Å². The zero-order valence-corrected chi connectivity index (χ0v) is 16.1. The second-order valence-electron chi connectivity index (χ2n) is 8.09. The fraction of sp³-hybridized carbons (Fsp3) is 0.571. The van der Waals surface area contributed by atoms with Gasteiger partial charge in [0.05, 0.1) is 23.7 Å². The van der Waals surface area contributed by atoms with E-state index >= 15 is 0 Å². The Morgan fingerprint density at radius 3 is 2.75 bits per heavy atom. The van der Waals surface area contributed by atoms with Crippen molar-refractivity contribution in [3.05, 3.63) is 30.0 Å². The predicted molar refractivity (Wildman–Crippen MR) is 106 cm³/mol. The van der Waals surface area contributed by atoms with Crippen molar-refractivity contribution in [3.8, 4) is 0 Å². The number of carbonyl (C=O) groups excluding carboxylic acids is 2. The summed E-state index contributed by atoms with van der Waals surface area (Å²) in [4.78, 5) is 27.0. The van der Waals surface area contributed by atoms with Gasteiger partial charge in [-0.3, -0.25) is 14.7 Å². The van der Waals surface area contributed by atoms with E-state index in [1.807, 2.05) is 29.2 Å². The fourth-order valence-corrected chi connectivity index (χ4v) is 4.49. The Morgan fingerprint density at radius 2 is 1.96 bits per heavy atom. The zero-order valence-electron chi connectivity index (χ0n) is 16.1. The van der Waals surface area contributed by atoms with Crippen LogP contribution in [0.4, 0.5) is 0 Å². The molecular weight excluding hydrogens is 356 g/mol. The van der Waals surface area contributed by atoms with Gasteiger partial charge < -0.3 is 15.3 Å². The first-order chi connectivity index (χ1) is 13.6. The number of aliphatic hydroxyl groups is 1. The maximum atomic E-state index is 12.7. The Balaban J connectivity index is 1.26. The monoisotopic (exact) mass is 384 g/mol. The van der Waals surface area contributed by atoms with Crippen molar-refractivity contribution >= 4 is 22.7 Å². The number of aromatic amines is 1. The Kier molecular flexibility index (Phi) is 5.62. The highest BCUT2D eigenvalue weighted by Crippen LogP contribution is 2.27. The van der Waals surface area contributed by atoms with Gasteiger partial charge >= 0.3 is 0 Å². The van der Waals surface area contributed by atoms with Crippen molar-refractivity contribution < 1.29 is 14.7 Å². The highest BCUT2D eigenvalue weighted by Gasteiger charge is 2.32. The van der Waals surface area contributed by atoms with Crippen molar-refractivity contribution in [3.63, 3.8) is 0 Å². The van der Waals surface area contributed by atoms with E-state index in [-0.39, 0.29) is 36.3 Å². The number of amides is 2. The second-order valence-corrected chi connectivity index (χ2v) is 8.09. The number of likely N-dealkylation sites (tertiary alicyclic amines) is 1. The van der Waals surface area contributed by atoms with Gasteiger partial charge in [0.25, 0.3) is 0 Å². The van der Waals surface area contributed by atoms with Crippen LogP contribution in [0.3, 0.4) is 0 Å². The molecule has 2 fully saturated rings. The SMILES string of the molecule is O=C(Cc1[nH]nc2ccccc12)NC1CCC(C(=O)N2CCCC(O)C2)CC1. The molecule has 1 saturated heterocycles. The van der Waals surface area contributed by atoms with Crippen LogP contribution in [0, 0.1) is 5.92 Å². The Morgan fingerprint density at radius 1 is 1.18 bits per heavy atom.